The van der Waals surface area contributed by atoms with Crippen LogP contribution in [0.2, 0.25) is 0 Å². The maximum atomic E-state index is 12.9. The largest absolute Gasteiger partial charge is 0.325 e. The number of rotatable bonds is 5. The van der Waals surface area contributed by atoms with Crippen LogP contribution in [0.3, 0.4) is 0 Å². The first kappa shape index (κ1) is 19.4. The molecule has 1 unspecified atom stereocenters. The number of aryl methyl sites for hydroxylation is 4. The normalized spacial score (nSPS) is 12.2. The number of anilines is 1. The molecular formula is C23H26N2OS. The Morgan fingerprint density at radius 2 is 1.70 bits per heavy atom. The standard InChI is InChI=1S/C23H26N2OS/c1-6-20(23(26)25-22-16(4)11-14(2)12-17(22)5)27-21-13-15(3)18-9-7-8-10-19(18)24-21/h7-13,20H,6H2,1-5H3,(H,25,26). The van der Waals surface area contributed by atoms with Gasteiger partial charge in [-0.1, -0.05) is 54.6 Å². The molecule has 27 heavy (non-hydrogen) atoms. The number of amides is 1. The number of nitrogens with one attached hydrogen (secondary N) is 1. The molecule has 0 aliphatic heterocycles. The highest BCUT2D eigenvalue weighted by Gasteiger charge is 2.20. The van der Waals surface area contributed by atoms with E-state index in [1.165, 1.54) is 22.9 Å². The zero-order chi connectivity index (χ0) is 19.6. The van der Waals surface area contributed by atoms with Crippen molar-refractivity contribution in [3.05, 3.63) is 64.7 Å². The van der Waals surface area contributed by atoms with Gasteiger partial charge in [0, 0.05) is 11.1 Å². The molecule has 2 aromatic carbocycles. The molecule has 1 amide bonds. The van der Waals surface area contributed by atoms with Crippen LogP contribution in [0.25, 0.3) is 10.9 Å². The SMILES string of the molecule is CCC(Sc1cc(C)c2ccccc2n1)C(=O)Nc1c(C)cc(C)cc1C. The Morgan fingerprint density at radius 3 is 2.37 bits per heavy atom. The molecule has 0 saturated heterocycles. The van der Waals surface area contributed by atoms with Crippen molar-refractivity contribution in [2.75, 3.05) is 5.32 Å². The molecule has 0 radical (unpaired) electrons. The van der Waals surface area contributed by atoms with Crippen molar-refractivity contribution in [1.29, 1.82) is 0 Å². The first-order valence-electron chi connectivity index (χ1n) is 9.30. The molecule has 0 aliphatic carbocycles. The number of thioether (sulfide) groups is 1. The van der Waals surface area contributed by atoms with Gasteiger partial charge in [-0.3, -0.25) is 4.79 Å². The molecule has 1 atom stereocenters. The monoisotopic (exact) mass is 378 g/mol. The van der Waals surface area contributed by atoms with E-state index in [-0.39, 0.29) is 11.2 Å². The third-order valence-electron chi connectivity index (χ3n) is 4.75. The molecule has 140 valence electrons. The maximum absolute atomic E-state index is 12.9. The van der Waals surface area contributed by atoms with Crippen LogP contribution in [0.15, 0.2) is 47.5 Å². The van der Waals surface area contributed by atoms with E-state index in [0.29, 0.717) is 0 Å². The Morgan fingerprint density at radius 1 is 1.04 bits per heavy atom. The van der Waals surface area contributed by atoms with Crippen molar-refractivity contribution < 1.29 is 4.79 Å². The van der Waals surface area contributed by atoms with Crippen LogP contribution < -0.4 is 5.32 Å². The van der Waals surface area contributed by atoms with Crippen LogP contribution in [0.4, 0.5) is 5.69 Å². The van der Waals surface area contributed by atoms with Crippen LogP contribution >= 0.6 is 11.8 Å². The van der Waals surface area contributed by atoms with Crippen molar-refractivity contribution in [3.8, 4) is 0 Å². The van der Waals surface area contributed by atoms with Gasteiger partial charge in [0.05, 0.1) is 15.8 Å². The summed E-state index contributed by atoms with van der Waals surface area (Å²) in [7, 11) is 0. The fourth-order valence-electron chi connectivity index (χ4n) is 3.43. The molecule has 4 heteroatoms. The summed E-state index contributed by atoms with van der Waals surface area (Å²) in [4.78, 5) is 17.7. The summed E-state index contributed by atoms with van der Waals surface area (Å²) in [5.74, 6) is 0.0326. The minimum atomic E-state index is -0.182. The van der Waals surface area contributed by atoms with Gasteiger partial charge in [-0.15, -0.1) is 0 Å². The fraction of sp³-hybridized carbons (Fsp3) is 0.304. The second-order valence-corrected chi connectivity index (χ2v) is 8.30. The van der Waals surface area contributed by atoms with E-state index in [9.17, 15) is 4.79 Å². The van der Waals surface area contributed by atoms with Gasteiger partial charge in [0.25, 0.3) is 0 Å². The maximum Gasteiger partial charge on any atom is 0.237 e. The molecule has 0 bridgehead atoms. The van der Waals surface area contributed by atoms with Gasteiger partial charge >= 0.3 is 0 Å². The smallest absolute Gasteiger partial charge is 0.237 e. The van der Waals surface area contributed by atoms with Crippen LogP contribution in [0.1, 0.15) is 35.6 Å². The Balaban J connectivity index is 1.82. The highest BCUT2D eigenvalue weighted by Crippen LogP contribution is 2.30. The van der Waals surface area contributed by atoms with Gasteiger partial charge in [0.15, 0.2) is 0 Å². The number of hydrogen-bond donors (Lipinski definition) is 1. The molecule has 3 nitrogen and oxygen atoms in total. The van der Waals surface area contributed by atoms with Crippen molar-refractivity contribution >= 4 is 34.3 Å². The highest BCUT2D eigenvalue weighted by atomic mass is 32.2. The lowest BCUT2D eigenvalue weighted by Gasteiger charge is -2.18. The number of nitrogens with zero attached hydrogens (tertiary/aromatic N) is 1. The van der Waals surface area contributed by atoms with Crippen LogP contribution in [-0.4, -0.2) is 16.1 Å². The van der Waals surface area contributed by atoms with E-state index >= 15 is 0 Å². The Kier molecular flexibility index (Phi) is 5.85. The highest BCUT2D eigenvalue weighted by molar-refractivity contribution is 8.00. The van der Waals surface area contributed by atoms with Crippen molar-refractivity contribution in [2.24, 2.45) is 0 Å². The topological polar surface area (TPSA) is 42.0 Å². The molecule has 1 aromatic heterocycles. The Bertz CT molecular complexity index is 974. The number of hydrogen-bond acceptors (Lipinski definition) is 3. The summed E-state index contributed by atoms with van der Waals surface area (Å²) in [6, 6.07) is 14.4. The summed E-state index contributed by atoms with van der Waals surface area (Å²) in [6.07, 6.45) is 0.744. The summed E-state index contributed by atoms with van der Waals surface area (Å²) >= 11 is 1.54. The van der Waals surface area contributed by atoms with Gasteiger partial charge in [0.2, 0.25) is 5.91 Å². The number of carbonyl (C=O) groups is 1. The number of pyridine rings is 1. The first-order valence-corrected chi connectivity index (χ1v) is 10.2. The molecule has 1 N–H and O–H groups in total. The summed E-state index contributed by atoms with van der Waals surface area (Å²) in [5.41, 5.74) is 6.48. The number of para-hydroxylation sites is 1. The molecule has 0 aliphatic rings. The molecule has 0 saturated carbocycles. The predicted molar refractivity (Wildman–Crippen MR) is 116 cm³/mol. The number of aromatic nitrogens is 1. The minimum absolute atomic E-state index is 0.0326. The van der Waals surface area contributed by atoms with Crippen molar-refractivity contribution in [3.63, 3.8) is 0 Å². The number of fused-ring (bicyclic) bond motifs is 1. The van der Waals surface area contributed by atoms with Crippen molar-refractivity contribution in [1.82, 2.24) is 4.98 Å². The van der Waals surface area contributed by atoms with E-state index in [1.807, 2.05) is 39.0 Å². The van der Waals surface area contributed by atoms with Crippen LogP contribution in [0, 0.1) is 27.7 Å². The van der Waals surface area contributed by atoms with E-state index < -0.39 is 0 Å². The molecule has 3 rings (SSSR count). The van der Waals surface area contributed by atoms with Gasteiger partial charge in [-0.25, -0.2) is 4.98 Å². The quantitative estimate of drug-likeness (QED) is 0.556. The summed E-state index contributed by atoms with van der Waals surface area (Å²) in [6.45, 7) is 10.3. The minimum Gasteiger partial charge on any atom is -0.325 e. The molecule has 0 spiro atoms. The zero-order valence-electron chi connectivity index (χ0n) is 16.6. The summed E-state index contributed by atoms with van der Waals surface area (Å²) < 4.78 is 0. The average molecular weight is 379 g/mol. The average Bonchev–Trinajstić information content (AvgIpc) is 2.62. The lowest BCUT2D eigenvalue weighted by Crippen LogP contribution is -2.25. The third-order valence-corrected chi connectivity index (χ3v) is 6.03. The third kappa shape index (κ3) is 4.33. The van der Waals surface area contributed by atoms with Gasteiger partial charge < -0.3 is 5.32 Å². The second-order valence-electron chi connectivity index (χ2n) is 7.07. The molecular weight excluding hydrogens is 352 g/mol. The van der Waals surface area contributed by atoms with Gasteiger partial charge in [-0.2, -0.15) is 0 Å². The molecule has 3 aromatic rings. The van der Waals surface area contributed by atoms with E-state index in [0.717, 1.165) is 39.2 Å². The Labute approximate surface area is 165 Å². The van der Waals surface area contributed by atoms with Gasteiger partial charge in [0.1, 0.15) is 0 Å². The van der Waals surface area contributed by atoms with Crippen LogP contribution in [-0.2, 0) is 4.79 Å². The first-order chi connectivity index (χ1) is 12.9. The number of carbonyl (C=O) groups excluding carboxylic acids is 1. The second kappa shape index (κ2) is 8.13. The lowest BCUT2D eigenvalue weighted by molar-refractivity contribution is -0.115. The van der Waals surface area contributed by atoms with Gasteiger partial charge in [-0.05, 0) is 62.9 Å². The van der Waals surface area contributed by atoms with Crippen molar-refractivity contribution in [2.45, 2.75) is 51.3 Å². The van der Waals surface area contributed by atoms with Crippen LogP contribution in [0.5, 0.6) is 0 Å². The lowest BCUT2D eigenvalue weighted by atomic mass is 10.0. The predicted octanol–water partition coefficient (Wildman–Crippen LogP) is 5.98. The van der Waals surface area contributed by atoms with E-state index in [2.05, 4.69) is 43.4 Å². The fourth-order valence-corrected chi connectivity index (χ4v) is 4.45. The zero-order valence-corrected chi connectivity index (χ0v) is 17.4. The molecule has 0 fully saturated rings. The van der Waals surface area contributed by atoms with E-state index in [1.54, 1.807) is 0 Å². The molecule has 1 heterocycles. The summed E-state index contributed by atoms with van der Waals surface area (Å²) in [5, 5.41) is 5.01. The Hall–Kier alpha value is -2.33. The van der Waals surface area contributed by atoms with E-state index in [4.69, 9.17) is 4.98 Å². The number of benzene rings is 2.